The van der Waals surface area contributed by atoms with Crippen LogP contribution in [0.1, 0.15) is 101 Å². The van der Waals surface area contributed by atoms with Crippen molar-refractivity contribution in [2.45, 2.75) is 103 Å². The Kier molecular flexibility index (Phi) is 10.4. The molecule has 0 aliphatic heterocycles. The summed E-state index contributed by atoms with van der Waals surface area (Å²) in [6.45, 7) is 18.2. The van der Waals surface area contributed by atoms with Crippen LogP contribution in [-0.2, 0) is 34.2 Å². The monoisotopic (exact) mass is 722 g/mol. The van der Waals surface area contributed by atoms with Gasteiger partial charge in [0.1, 0.15) is 0 Å². The van der Waals surface area contributed by atoms with Crippen molar-refractivity contribution in [2.24, 2.45) is 0 Å². The second-order valence-electron chi connectivity index (χ2n) is 16.4. The fraction of sp³-hybridized carbons (Fsp3) is 0.348. The van der Waals surface area contributed by atoms with Crippen LogP contribution in [0.2, 0.25) is 13.1 Å². The zero-order valence-corrected chi connectivity index (χ0v) is 33.8. The van der Waals surface area contributed by atoms with Crippen molar-refractivity contribution in [1.82, 2.24) is 0 Å². The van der Waals surface area contributed by atoms with Gasteiger partial charge in [-0.25, -0.2) is 0 Å². The molecule has 2 saturated carbocycles. The third-order valence-electron chi connectivity index (χ3n) is 9.77. The Morgan fingerprint density at radius 2 is 0.875 bits per heavy atom. The van der Waals surface area contributed by atoms with Gasteiger partial charge in [-0.3, -0.25) is 0 Å². The summed E-state index contributed by atoms with van der Waals surface area (Å²) in [5.41, 5.74) is 11.9. The molecule has 8 rings (SSSR count). The third-order valence-corrected chi connectivity index (χ3v) is 9.77. The van der Waals surface area contributed by atoms with Gasteiger partial charge in [0.05, 0.1) is 0 Å². The first kappa shape index (κ1) is 35.0. The minimum absolute atomic E-state index is 0.210. The Morgan fingerprint density at radius 3 is 1.17 bits per heavy atom. The number of hydrogen-bond acceptors (Lipinski definition) is 0. The van der Waals surface area contributed by atoms with E-state index in [1.54, 1.807) is 23.3 Å². The number of rotatable bonds is 4. The van der Waals surface area contributed by atoms with E-state index >= 15 is 0 Å². The van der Waals surface area contributed by atoms with Crippen molar-refractivity contribution in [3.8, 4) is 22.3 Å². The standard InChI is InChI=1S/2C22H23.C2H6Si.Zr/c2*1-22(2,3)19-11-9-16(10-12-19)20-6-4-5-17-13-18(14-21(17)20)15-7-8-15;1-3-2;/h2*4-6,9-15H,7-8H2,1-3H3;1-2H3;/q2*-1;;+2. The van der Waals surface area contributed by atoms with Crippen LogP contribution in [0.25, 0.3) is 43.8 Å². The predicted molar refractivity (Wildman–Crippen MR) is 209 cm³/mol. The second-order valence-corrected chi connectivity index (χ2v) is 25.8. The van der Waals surface area contributed by atoms with Gasteiger partial charge in [0.15, 0.2) is 0 Å². The van der Waals surface area contributed by atoms with Crippen LogP contribution in [-0.4, -0.2) is 5.43 Å². The van der Waals surface area contributed by atoms with Gasteiger partial charge in [0, 0.05) is 0 Å². The van der Waals surface area contributed by atoms with Crippen LogP contribution in [0.5, 0.6) is 0 Å². The molecule has 0 N–H and O–H groups in total. The van der Waals surface area contributed by atoms with Crippen LogP contribution < -0.4 is 0 Å². The molecule has 0 unspecified atom stereocenters. The summed E-state index contributed by atoms with van der Waals surface area (Å²) in [6, 6.07) is 41.2. The average Bonchev–Trinajstić information content (AvgIpc) is 3.98. The van der Waals surface area contributed by atoms with Crippen LogP contribution in [0, 0.1) is 0 Å². The van der Waals surface area contributed by atoms with Gasteiger partial charge in [0.2, 0.25) is 0 Å². The summed E-state index contributed by atoms with van der Waals surface area (Å²) in [6.07, 6.45) is 5.47. The van der Waals surface area contributed by atoms with E-state index in [-0.39, 0.29) is 16.3 Å². The van der Waals surface area contributed by atoms with Gasteiger partial charge >= 0.3 is 41.9 Å². The van der Waals surface area contributed by atoms with E-state index in [0.717, 1.165) is 11.8 Å². The Hall–Kier alpha value is -2.80. The summed E-state index contributed by atoms with van der Waals surface area (Å²) >= 11 is 1.74. The van der Waals surface area contributed by atoms with Crippen molar-refractivity contribution in [2.75, 3.05) is 0 Å². The molecule has 6 aromatic carbocycles. The molecule has 0 spiro atoms. The van der Waals surface area contributed by atoms with Crippen LogP contribution >= 0.6 is 0 Å². The molecule has 2 heteroatoms. The molecule has 0 nitrogen and oxygen atoms in total. The maximum atomic E-state index is 2.42. The van der Waals surface area contributed by atoms with Gasteiger partial charge in [0.25, 0.3) is 0 Å². The molecule has 0 atom stereocenters. The van der Waals surface area contributed by atoms with Crippen molar-refractivity contribution < 1.29 is 23.3 Å². The van der Waals surface area contributed by atoms with E-state index in [1.165, 1.54) is 91.7 Å². The predicted octanol–water partition coefficient (Wildman–Crippen LogP) is 13.6. The fourth-order valence-electron chi connectivity index (χ4n) is 6.62. The molecular weight excluding hydrogens is 672 g/mol. The van der Waals surface area contributed by atoms with E-state index in [0.29, 0.717) is 0 Å². The Bertz CT molecular complexity index is 1860. The topological polar surface area (TPSA) is 0 Å². The Balaban J connectivity index is 0.000000151. The summed E-state index contributed by atoms with van der Waals surface area (Å²) in [5.74, 6) is 1.65. The minimum atomic E-state index is 0.210. The Labute approximate surface area is 305 Å². The molecule has 0 saturated heterocycles. The number of hydrogen-bond donors (Lipinski definition) is 0. The van der Waals surface area contributed by atoms with Gasteiger partial charge in [-0.2, -0.15) is 12.1 Å². The van der Waals surface area contributed by atoms with Crippen LogP contribution in [0.3, 0.4) is 0 Å². The van der Waals surface area contributed by atoms with E-state index in [4.69, 9.17) is 0 Å². The van der Waals surface area contributed by atoms with E-state index in [2.05, 4.69) is 164 Å². The molecule has 6 aromatic rings. The average molecular weight is 724 g/mol. The maximum absolute atomic E-state index is 2.42. The van der Waals surface area contributed by atoms with E-state index in [9.17, 15) is 0 Å². The van der Waals surface area contributed by atoms with Crippen LogP contribution in [0.15, 0.2) is 109 Å². The molecule has 0 amide bonds. The number of benzene rings is 4. The van der Waals surface area contributed by atoms with Gasteiger partial charge in [-0.1, -0.05) is 113 Å². The summed E-state index contributed by atoms with van der Waals surface area (Å²) in [4.78, 5) is 0. The first-order valence-electron chi connectivity index (χ1n) is 17.9. The first-order chi connectivity index (χ1) is 22.8. The Morgan fingerprint density at radius 1 is 0.542 bits per heavy atom. The SMILES string of the molecule is CC(C)(C)c1ccc(-c2cccc3[cH-]c(C4CC4)cc23)cc1.CC(C)(C)c1ccc(-c2cccc3[cH-]c(C4CC4)cc23)cc1.C[Si](C)=[Zr+2]. The molecular formula is C46H52SiZr. The van der Waals surface area contributed by atoms with E-state index in [1.807, 2.05) is 0 Å². The molecule has 0 aromatic heterocycles. The quantitative estimate of drug-likeness (QED) is 0.125. The summed E-state index contributed by atoms with van der Waals surface area (Å²) < 4.78 is 0. The van der Waals surface area contributed by atoms with Gasteiger partial charge in [-0.15, -0.1) is 69.1 Å². The van der Waals surface area contributed by atoms with Crippen molar-refractivity contribution >= 4 is 27.0 Å². The van der Waals surface area contributed by atoms with Gasteiger partial charge in [-0.05, 0) is 70.6 Å². The zero-order valence-electron chi connectivity index (χ0n) is 30.4. The molecule has 48 heavy (non-hydrogen) atoms. The zero-order chi connectivity index (χ0) is 34.2. The molecule has 244 valence electrons. The fourth-order valence-corrected chi connectivity index (χ4v) is 6.62. The van der Waals surface area contributed by atoms with Crippen molar-refractivity contribution in [3.63, 3.8) is 0 Å². The molecule has 2 aliphatic rings. The second kappa shape index (κ2) is 14.2. The molecule has 0 bridgehead atoms. The van der Waals surface area contributed by atoms with Gasteiger partial charge < -0.3 is 0 Å². The van der Waals surface area contributed by atoms with E-state index < -0.39 is 0 Å². The molecule has 2 fully saturated rings. The molecule has 0 radical (unpaired) electrons. The molecule has 2 aliphatic carbocycles. The summed E-state index contributed by atoms with van der Waals surface area (Å²) in [7, 11) is 0. The summed E-state index contributed by atoms with van der Waals surface area (Å²) in [5, 5.41) is 5.60. The van der Waals surface area contributed by atoms with Crippen LogP contribution in [0.4, 0.5) is 0 Å². The van der Waals surface area contributed by atoms with Crippen molar-refractivity contribution in [3.05, 3.63) is 131 Å². The van der Waals surface area contributed by atoms with Crippen molar-refractivity contribution in [1.29, 1.82) is 0 Å². The normalized spacial score (nSPS) is 14.7. The number of fused-ring (bicyclic) bond motifs is 2. The first-order valence-corrected chi connectivity index (χ1v) is 24.1. The third kappa shape index (κ3) is 8.49. The molecule has 0 heterocycles.